The quantitative estimate of drug-likeness (QED) is 0.600. The molecule has 1 aromatic heterocycles. The zero-order valence-electron chi connectivity index (χ0n) is 11.4. The number of ether oxygens (including phenoxy) is 2. The molecule has 0 amide bonds. The summed E-state index contributed by atoms with van der Waals surface area (Å²) in [6.45, 7) is 4.95. The largest absolute Gasteiger partial charge is 0.490 e. The van der Waals surface area contributed by atoms with Gasteiger partial charge in [0.2, 0.25) is 0 Å². The van der Waals surface area contributed by atoms with Gasteiger partial charge in [0, 0.05) is 23.8 Å². The van der Waals surface area contributed by atoms with Gasteiger partial charge in [-0.2, -0.15) is 0 Å². The molecule has 0 aliphatic carbocycles. The van der Waals surface area contributed by atoms with Gasteiger partial charge >= 0.3 is 0 Å². The molecule has 4 nitrogen and oxygen atoms in total. The lowest BCUT2D eigenvalue weighted by molar-refractivity contribution is 0.288. The highest BCUT2D eigenvalue weighted by molar-refractivity contribution is 6.34. The maximum Gasteiger partial charge on any atom is 0.163 e. The van der Waals surface area contributed by atoms with Crippen LogP contribution in [0, 0.1) is 0 Å². The average Bonchev–Trinajstić information content (AvgIpc) is 2.41. The summed E-state index contributed by atoms with van der Waals surface area (Å²) in [6.07, 6.45) is 0.578. The Kier molecular flexibility index (Phi) is 5.26. The maximum absolute atomic E-state index is 6.21. The van der Waals surface area contributed by atoms with Gasteiger partial charge in [0.25, 0.3) is 0 Å². The van der Waals surface area contributed by atoms with E-state index in [2.05, 4.69) is 9.97 Å². The Morgan fingerprint density at radius 3 is 2.30 bits per heavy atom. The van der Waals surface area contributed by atoms with Crippen molar-refractivity contribution >= 4 is 34.1 Å². The molecule has 108 valence electrons. The van der Waals surface area contributed by atoms with Gasteiger partial charge in [-0.1, -0.05) is 11.6 Å². The molecular formula is C14H16Cl2N2O2. The van der Waals surface area contributed by atoms with Crippen LogP contribution in [0.1, 0.15) is 19.7 Å². The standard InChI is InChI=1S/C14H16Cl2N2O2/c1-3-19-11-7-9-10(8-12(11)20-4-2)17-13(5-6-15)18-14(9)16/h7-8H,3-6H2,1-2H3. The molecule has 2 rings (SSSR count). The Balaban J connectivity index is 2.57. The summed E-state index contributed by atoms with van der Waals surface area (Å²) in [4.78, 5) is 8.70. The summed E-state index contributed by atoms with van der Waals surface area (Å²) in [6, 6.07) is 3.64. The first-order chi connectivity index (χ1) is 9.69. The third-order valence-corrected chi connectivity index (χ3v) is 3.16. The van der Waals surface area contributed by atoms with Gasteiger partial charge in [-0.25, -0.2) is 9.97 Å². The molecule has 1 heterocycles. The summed E-state index contributed by atoms with van der Waals surface area (Å²) in [5, 5.41) is 1.15. The molecule has 2 aromatic rings. The highest BCUT2D eigenvalue weighted by Gasteiger charge is 2.12. The highest BCUT2D eigenvalue weighted by Crippen LogP contribution is 2.34. The summed E-state index contributed by atoms with van der Waals surface area (Å²) in [7, 11) is 0. The lowest BCUT2D eigenvalue weighted by Crippen LogP contribution is -2.01. The lowest BCUT2D eigenvalue weighted by Gasteiger charge is -2.12. The van der Waals surface area contributed by atoms with Gasteiger partial charge in [-0.15, -0.1) is 11.6 Å². The average molecular weight is 315 g/mol. The molecule has 0 N–H and O–H groups in total. The van der Waals surface area contributed by atoms with Crippen molar-refractivity contribution < 1.29 is 9.47 Å². The van der Waals surface area contributed by atoms with E-state index in [1.54, 1.807) is 0 Å². The van der Waals surface area contributed by atoms with Crippen LogP contribution >= 0.6 is 23.2 Å². The van der Waals surface area contributed by atoms with Crippen LogP contribution in [0.3, 0.4) is 0 Å². The molecule has 0 aliphatic heterocycles. The van der Waals surface area contributed by atoms with E-state index in [4.69, 9.17) is 32.7 Å². The molecule has 0 aliphatic rings. The SMILES string of the molecule is CCOc1cc2nc(CCCl)nc(Cl)c2cc1OCC. The number of nitrogens with zero attached hydrogens (tertiary/aromatic N) is 2. The minimum Gasteiger partial charge on any atom is -0.490 e. The topological polar surface area (TPSA) is 44.2 Å². The number of hydrogen-bond donors (Lipinski definition) is 0. The molecule has 0 fully saturated rings. The van der Waals surface area contributed by atoms with Crippen molar-refractivity contribution in [2.24, 2.45) is 0 Å². The molecule has 0 unspecified atom stereocenters. The first-order valence-electron chi connectivity index (χ1n) is 6.51. The van der Waals surface area contributed by atoms with Gasteiger partial charge in [0.05, 0.1) is 18.7 Å². The number of halogens is 2. The molecule has 0 saturated carbocycles. The van der Waals surface area contributed by atoms with Crippen LogP contribution < -0.4 is 9.47 Å². The van der Waals surface area contributed by atoms with Crippen molar-refractivity contribution in [1.82, 2.24) is 9.97 Å². The Labute approximate surface area is 128 Å². The Morgan fingerprint density at radius 2 is 1.70 bits per heavy atom. The minimum absolute atomic E-state index is 0.402. The molecular weight excluding hydrogens is 299 g/mol. The van der Waals surface area contributed by atoms with E-state index in [1.807, 2.05) is 26.0 Å². The van der Waals surface area contributed by atoms with Crippen LogP contribution in [-0.2, 0) is 6.42 Å². The normalized spacial score (nSPS) is 10.8. The number of aromatic nitrogens is 2. The summed E-state index contributed by atoms with van der Waals surface area (Å²) < 4.78 is 11.2. The molecule has 1 aromatic carbocycles. The fraction of sp³-hybridized carbons (Fsp3) is 0.429. The second-order valence-corrected chi connectivity index (χ2v) is 4.79. The van der Waals surface area contributed by atoms with Gasteiger partial charge in [0.15, 0.2) is 11.5 Å². The first kappa shape index (κ1) is 15.1. The van der Waals surface area contributed by atoms with Crippen molar-refractivity contribution in [2.45, 2.75) is 20.3 Å². The van der Waals surface area contributed by atoms with Gasteiger partial charge < -0.3 is 9.47 Å². The second-order valence-electron chi connectivity index (χ2n) is 4.05. The number of rotatable bonds is 6. The van der Waals surface area contributed by atoms with Crippen molar-refractivity contribution in [3.8, 4) is 11.5 Å². The summed E-state index contributed by atoms with van der Waals surface area (Å²) in [5.41, 5.74) is 0.733. The van der Waals surface area contributed by atoms with E-state index >= 15 is 0 Å². The van der Waals surface area contributed by atoms with Gasteiger partial charge in [-0.05, 0) is 19.9 Å². The molecule has 0 atom stereocenters. The number of fused-ring (bicyclic) bond motifs is 1. The third-order valence-electron chi connectivity index (χ3n) is 2.68. The van der Waals surface area contributed by atoms with Crippen LogP contribution in [0.4, 0.5) is 0 Å². The van der Waals surface area contributed by atoms with E-state index in [-0.39, 0.29) is 0 Å². The Hall–Kier alpha value is -1.26. The van der Waals surface area contributed by atoms with Crippen molar-refractivity contribution in [3.05, 3.63) is 23.1 Å². The number of alkyl halides is 1. The van der Waals surface area contributed by atoms with E-state index < -0.39 is 0 Å². The van der Waals surface area contributed by atoms with E-state index in [0.29, 0.717) is 48.0 Å². The smallest absolute Gasteiger partial charge is 0.163 e. The van der Waals surface area contributed by atoms with Crippen LogP contribution in [0.15, 0.2) is 12.1 Å². The van der Waals surface area contributed by atoms with Crippen LogP contribution in [0.5, 0.6) is 11.5 Å². The molecule has 0 bridgehead atoms. The summed E-state index contributed by atoms with van der Waals surface area (Å²) in [5.74, 6) is 2.40. The zero-order valence-corrected chi connectivity index (χ0v) is 13.0. The van der Waals surface area contributed by atoms with Crippen LogP contribution in [0.25, 0.3) is 10.9 Å². The van der Waals surface area contributed by atoms with Gasteiger partial charge in [0.1, 0.15) is 11.0 Å². The van der Waals surface area contributed by atoms with Crippen molar-refractivity contribution in [2.75, 3.05) is 19.1 Å². The van der Waals surface area contributed by atoms with E-state index in [9.17, 15) is 0 Å². The first-order valence-corrected chi connectivity index (χ1v) is 7.42. The van der Waals surface area contributed by atoms with Crippen LogP contribution in [-0.4, -0.2) is 29.1 Å². The fourth-order valence-electron chi connectivity index (χ4n) is 1.88. The van der Waals surface area contributed by atoms with E-state index in [1.165, 1.54) is 0 Å². The molecule has 0 radical (unpaired) electrons. The highest BCUT2D eigenvalue weighted by atomic mass is 35.5. The Morgan fingerprint density at radius 1 is 1.05 bits per heavy atom. The predicted octanol–water partition coefficient (Wildman–Crippen LogP) is 3.86. The third kappa shape index (κ3) is 3.25. The minimum atomic E-state index is 0.402. The molecule has 0 spiro atoms. The molecule has 6 heteroatoms. The predicted molar refractivity (Wildman–Crippen MR) is 81.3 cm³/mol. The number of benzene rings is 1. The molecule has 20 heavy (non-hydrogen) atoms. The second kappa shape index (κ2) is 6.95. The molecule has 0 saturated heterocycles. The fourth-order valence-corrected chi connectivity index (χ4v) is 2.30. The monoisotopic (exact) mass is 314 g/mol. The zero-order chi connectivity index (χ0) is 14.5. The van der Waals surface area contributed by atoms with Crippen molar-refractivity contribution in [1.29, 1.82) is 0 Å². The lowest BCUT2D eigenvalue weighted by atomic mass is 10.2. The van der Waals surface area contributed by atoms with E-state index in [0.717, 1.165) is 10.9 Å². The maximum atomic E-state index is 6.21. The number of hydrogen-bond acceptors (Lipinski definition) is 4. The number of aryl methyl sites for hydroxylation is 1. The van der Waals surface area contributed by atoms with Crippen LogP contribution in [0.2, 0.25) is 5.15 Å². The Bertz CT molecular complexity index is 605. The van der Waals surface area contributed by atoms with Gasteiger partial charge in [-0.3, -0.25) is 0 Å². The summed E-state index contributed by atoms with van der Waals surface area (Å²) >= 11 is 11.9. The van der Waals surface area contributed by atoms with Crippen molar-refractivity contribution in [3.63, 3.8) is 0 Å².